The van der Waals surface area contributed by atoms with E-state index >= 15 is 0 Å². The van der Waals surface area contributed by atoms with Crippen LogP contribution in [0.5, 0.6) is 0 Å². The molecule has 1 aromatic carbocycles. The number of rotatable bonds is 3. The Morgan fingerprint density at radius 2 is 2.29 bits per heavy atom. The van der Waals surface area contributed by atoms with Crippen LogP contribution in [-0.2, 0) is 0 Å². The second-order valence-electron chi connectivity index (χ2n) is 3.33. The summed E-state index contributed by atoms with van der Waals surface area (Å²) in [7, 11) is 0. The van der Waals surface area contributed by atoms with Crippen molar-refractivity contribution in [2.75, 3.05) is 13.1 Å². The van der Waals surface area contributed by atoms with Gasteiger partial charge in [0, 0.05) is 12.1 Å². The Labute approximate surface area is 99.5 Å². The summed E-state index contributed by atoms with van der Waals surface area (Å²) in [5.74, 6) is 1.44. The molecule has 1 rings (SSSR count). The van der Waals surface area contributed by atoms with E-state index in [1.165, 1.54) is 17.0 Å². The highest BCUT2D eigenvalue weighted by Crippen LogP contribution is 2.11. The largest absolute Gasteiger partial charge is 0.328 e. The molecule has 0 N–H and O–H groups in total. The Morgan fingerprint density at radius 3 is 2.82 bits per heavy atom. The molecule has 0 aliphatic rings. The number of nitrogens with zero attached hydrogens (tertiary/aromatic N) is 2. The summed E-state index contributed by atoms with van der Waals surface area (Å²) < 4.78 is 13.1. The molecule has 0 aliphatic carbocycles. The van der Waals surface area contributed by atoms with E-state index in [9.17, 15) is 9.18 Å². The lowest BCUT2D eigenvalue weighted by atomic mass is 10.1. The van der Waals surface area contributed by atoms with Gasteiger partial charge in [0.1, 0.15) is 11.9 Å². The zero-order valence-electron chi connectivity index (χ0n) is 9.40. The summed E-state index contributed by atoms with van der Waals surface area (Å²) >= 11 is 0. The van der Waals surface area contributed by atoms with Crippen molar-refractivity contribution in [2.24, 2.45) is 0 Å². The van der Waals surface area contributed by atoms with E-state index in [-0.39, 0.29) is 23.6 Å². The van der Waals surface area contributed by atoms with Crippen LogP contribution in [0.4, 0.5) is 4.39 Å². The third-order valence-corrected chi connectivity index (χ3v) is 2.28. The molecular formula is C13H11FN2O. The first kappa shape index (κ1) is 12.7. The first-order chi connectivity index (χ1) is 8.13. The second kappa shape index (κ2) is 5.67. The van der Waals surface area contributed by atoms with Gasteiger partial charge in [-0.2, -0.15) is 5.26 Å². The van der Waals surface area contributed by atoms with Crippen LogP contribution < -0.4 is 0 Å². The van der Waals surface area contributed by atoms with Crippen molar-refractivity contribution in [3.05, 3.63) is 35.1 Å². The monoisotopic (exact) mass is 230 g/mol. The lowest BCUT2D eigenvalue weighted by molar-refractivity contribution is 0.0785. The number of hydrogen-bond donors (Lipinski definition) is 0. The average molecular weight is 230 g/mol. The molecule has 0 aliphatic heterocycles. The van der Waals surface area contributed by atoms with E-state index in [0.717, 1.165) is 6.07 Å². The van der Waals surface area contributed by atoms with Gasteiger partial charge in [0.2, 0.25) is 0 Å². The molecule has 0 bridgehead atoms. The molecule has 0 atom stereocenters. The highest BCUT2D eigenvalue weighted by Gasteiger charge is 2.14. The van der Waals surface area contributed by atoms with Crippen LogP contribution in [0.15, 0.2) is 18.2 Å². The molecule has 86 valence electrons. The molecule has 0 heterocycles. The van der Waals surface area contributed by atoms with Crippen LogP contribution in [0.1, 0.15) is 22.8 Å². The third kappa shape index (κ3) is 2.83. The van der Waals surface area contributed by atoms with Gasteiger partial charge in [-0.1, -0.05) is 5.92 Å². The van der Waals surface area contributed by atoms with Crippen LogP contribution in [0.2, 0.25) is 0 Å². The number of carbonyl (C=O) groups excluding carboxylic acids is 1. The maximum Gasteiger partial charge on any atom is 0.254 e. The number of benzene rings is 1. The summed E-state index contributed by atoms with van der Waals surface area (Å²) in [6, 6.07) is 5.38. The van der Waals surface area contributed by atoms with Gasteiger partial charge >= 0.3 is 0 Å². The fraction of sp³-hybridized carbons (Fsp3) is 0.231. The molecule has 0 fully saturated rings. The first-order valence-electron chi connectivity index (χ1n) is 5.06. The Balaban J connectivity index is 3.05. The maximum absolute atomic E-state index is 13.1. The molecule has 0 radical (unpaired) electrons. The van der Waals surface area contributed by atoms with Gasteiger partial charge < -0.3 is 4.90 Å². The minimum absolute atomic E-state index is 0.146. The Hall–Kier alpha value is -2.33. The van der Waals surface area contributed by atoms with Gasteiger partial charge in [0.15, 0.2) is 0 Å². The minimum Gasteiger partial charge on any atom is -0.328 e. The predicted molar refractivity (Wildman–Crippen MR) is 61.5 cm³/mol. The van der Waals surface area contributed by atoms with Gasteiger partial charge in [-0.05, 0) is 25.1 Å². The van der Waals surface area contributed by atoms with Crippen molar-refractivity contribution in [2.45, 2.75) is 6.92 Å². The van der Waals surface area contributed by atoms with Crippen molar-refractivity contribution in [3.8, 4) is 18.4 Å². The van der Waals surface area contributed by atoms with Crippen molar-refractivity contribution >= 4 is 5.91 Å². The van der Waals surface area contributed by atoms with Gasteiger partial charge in [-0.25, -0.2) is 4.39 Å². The Bertz CT molecular complexity index is 511. The summed E-state index contributed by atoms with van der Waals surface area (Å²) in [5.41, 5.74) is 0.118. The zero-order chi connectivity index (χ0) is 12.8. The first-order valence-corrected chi connectivity index (χ1v) is 5.06. The van der Waals surface area contributed by atoms with Crippen molar-refractivity contribution in [3.63, 3.8) is 0 Å². The molecule has 0 spiro atoms. The minimum atomic E-state index is -0.635. The van der Waals surface area contributed by atoms with Crippen LogP contribution in [0, 0.1) is 29.5 Å². The number of terminal acetylenes is 1. The van der Waals surface area contributed by atoms with E-state index in [1.54, 1.807) is 13.0 Å². The summed E-state index contributed by atoms with van der Waals surface area (Å²) in [6.07, 6.45) is 5.14. The molecular weight excluding hydrogens is 219 g/mol. The molecule has 1 amide bonds. The summed E-state index contributed by atoms with van der Waals surface area (Å²) in [6.45, 7) is 2.45. The van der Waals surface area contributed by atoms with E-state index in [4.69, 9.17) is 11.7 Å². The smallest absolute Gasteiger partial charge is 0.254 e. The number of carbonyl (C=O) groups is 1. The summed E-state index contributed by atoms with van der Waals surface area (Å²) in [5, 5.41) is 8.68. The molecule has 0 saturated heterocycles. The lowest BCUT2D eigenvalue weighted by Crippen LogP contribution is -2.31. The number of hydrogen-bond acceptors (Lipinski definition) is 2. The van der Waals surface area contributed by atoms with Crippen molar-refractivity contribution in [1.82, 2.24) is 4.90 Å². The van der Waals surface area contributed by atoms with Gasteiger partial charge in [-0.15, -0.1) is 6.42 Å². The molecule has 17 heavy (non-hydrogen) atoms. The topological polar surface area (TPSA) is 44.1 Å². The van der Waals surface area contributed by atoms with E-state index in [0.29, 0.717) is 6.54 Å². The highest BCUT2D eigenvalue weighted by atomic mass is 19.1. The predicted octanol–water partition coefficient (Wildman–Crippen LogP) is 1.79. The highest BCUT2D eigenvalue weighted by molar-refractivity contribution is 5.94. The number of halogens is 1. The number of amides is 1. The van der Waals surface area contributed by atoms with Crippen molar-refractivity contribution < 1.29 is 9.18 Å². The van der Waals surface area contributed by atoms with E-state index < -0.39 is 5.82 Å². The van der Waals surface area contributed by atoms with Gasteiger partial charge in [0.25, 0.3) is 5.91 Å². The van der Waals surface area contributed by atoms with Gasteiger partial charge in [-0.3, -0.25) is 4.79 Å². The summed E-state index contributed by atoms with van der Waals surface area (Å²) in [4.78, 5) is 13.4. The van der Waals surface area contributed by atoms with Crippen LogP contribution in [0.25, 0.3) is 0 Å². The fourth-order valence-corrected chi connectivity index (χ4v) is 1.36. The van der Waals surface area contributed by atoms with E-state index in [2.05, 4.69) is 5.92 Å². The average Bonchev–Trinajstić information content (AvgIpc) is 2.35. The maximum atomic E-state index is 13.1. The molecule has 1 aromatic rings. The lowest BCUT2D eigenvalue weighted by Gasteiger charge is -2.17. The second-order valence-corrected chi connectivity index (χ2v) is 3.33. The molecule has 0 saturated carbocycles. The van der Waals surface area contributed by atoms with Crippen molar-refractivity contribution in [1.29, 1.82) is 5.26 Å². The van der Waals surface area contributed by atoms with Crippen LogP contribution >= 0.6 is 0 Å². The Morgan fingerprint density at radius 1 is 1.59 bits per heavy atom. The number of nitriles is 1. The standard InChI is InChI=1S/C13H11FN2O/c1-3-7-16(4-2)13(17)10-5-6-12(14)11(8-10)9-15/h1,5-6,8H,4,7H2,2H3. The molecule has 3 nitrogen and oxygen atoms in total. The quantitative estimate of drug-likeness (QED) is 0.743. The van der Waals surface area contributed by atoms with Gasteiger partial charge in [0.05, 0.1) is 12.1 Å². The normalized spacial score (nSPS) is 9.18. The molecule has 4 heteroatoms. The fourth-order valence-electron chi connectivity index (χ4n) is 1.36. The van der Waals surface area contributed by atoms with Crippen LogP contribution in [0.3, 0.4) is 0 Å². The zero-order valence-corrected chi connectivity index (χ0v) is 9.40. The molecule has 0 unspecified atom stereocenters. The van der Waals surface area contributed by atoms with Crippen LogP contribution in [-0.4, -0.2) is 23.9 Å². The SMILES string of the molecule is C#CCN(CC)C(=O)c1ccc(F)c(C#N)c1. The van der Waals surface area contributed by atoms with E-state index in [1.807, 2.05) is 0 Å². The Kier molecular flexibility index (Phi) is 4.25. The molecule has 0 aromatic heterocycles. The third-order valence-electron chi connectivity index (χ3n) is 2.28.